The molecule has 0 bridgehead atoms. The lowest BCUT2D eigenvalue weighted by Gasteiger charge is -2.18. The van der Waals surface area contributed by atoms with E-state index in [1.54, 1.807) is 64.5 Å². The van der Waals surface area contributed by atoms with Crippen molar-refractivity contribution < 1.29 is 33.0 Å². The van der Waals surface area contributed by atoms with Gasteiger partial charge in [-0.05, 0) is 151 Å². The summed E-state index contributed by atoms with van der Waals surface area (Å²) in [6.45, 7) is 12.3. The summed E-state index contributed by atoms with van der Waals surface area (Å²) in [5, 5.41) is 44.9. The molecule has 3 N–H and O–H groups in total. The molecule has 16 heterocycles. The van der Waals surface area contributed by atoms with Gasteiger partial charge in [0.05, 0.1) is 106 Å². The molecule has 3 fully saturated rings. The maximum atomic E-state index is 14.5. The molecule has 123 heavy (non-hydrogen) atoms. The molecule has 16 aromatic heterocycles. The highest BCUT2D eigenvalue weighted by Gasteiger charge is 2.31. The van der Waals surface area contributed by atoms with E-state index >= 15 is 0 Å². The quantitative estimate of drug-likeness (QED) is 0.0407. The maximum Gasteiger partial charge on any atom is 0.361 e. The van der Waals surface area contributed by atoms with E-state index in [2.05, 4.69) is 61.2 Å². The summed E-state index contributed by atoms with van der Waals surface area (Å²) < 4.78 is 53.3. The second kappa shape index (κ2) is 34.3. The van der Waals surface area contributed by atoms with Gasteiger partial charge in [-0.15, -0.1) is 27.7 Å². The van der Waals surface area contributed by atoms with E-state index in [4.69, 9.17) is 48.7 Å². The Morgan fingerprint density at radius 3 is 1.21 bits per heavy atom. The number of carboxylic acids is 1. The SMILES string of the molecule is CCn1ncn(-c2cc(C3CC3)cn3cc(Cn4cc(C(=O)CCc5ncn6ccc(Cl)c(F)c56)nn4)nc23)c(=O)c1=O.CCn1ncn(-c2cc(C3CC3)cn3cc(Cn4cc(C(=O)O)nn4)nc23)c(=O)c1=O.CCn1ncn(-c2cc(C3CC3)cn3cc(Cn4cc(C(=O)OC(C)(C)C)nn4)nc23)c(=O)c1=O.Cl.NCc1ncn2ccc(Cl)c(F)c12. The minimum atomic E-state index is -1.16. The van der Waals surface area contributed by atoms with Gasteiger partial charge < -0.3 is 37.6 Å². The molecule has 19 rings (SSSR count). The van der Waals surface area contributed by atoms with Gasteiger partial charge in [0.1, 0.15) is 41.3 Å². The number of aromatic carboxylic acids is 1. The molecule has 0 saturated heterocycles. The zero-order chi connectivity index (χ0) is 85.9. The molecule has 0 aromatic carbocycles. The maximum absolute atomic E-state index is 14.5. The van der Waals surface area contributed by atoms with Gasteiger partial charge in [-0.3, -0.25) is 47.3 Å². The van der Waals surface area contributed by atoms with Crippen LogP contribution >= 0.6 is 35.6 Å². The van der Waals surface area contributed by atoms with Crippen molar-refractivity contribution >= 4 is 81.3 Å². The molecule has 40 nitrogen and oxygen atoms in total. The average molecular weight is 1740 g/mol. The number of halogens is 5. The van der Waals surface area contributed by atoms with Crippen molar-refractivity contribution in [2.24, 2.45) is 5.73 Å². The zero-order valence-corrected chi connectivity index (χ0v) is 68.8. The molecular weight excluding hydrogens is 1660 g/mol. The van der Waals surface area contributed by atoms with Crippen LogP contribution in [0.2, 0.25) is 10.0 Å². The van der Waals surface area contributed by atoms with Crippen LogP contribution in [-0.4, -0.2) is 163 Å². The molecule has 45 heteroatoms. The number of Topliss-reactive ketones (excluding diaryl/α,β-unsaturated/α-hetero) is 1. The highest BCUT2D eigenvalue weighted by molar-refractivity contribution is 6.31. The number of carbonyl (C=O) groups is 3. The number of esters is 1. The van der Waals surface area contributed by atoms with Crippen LogP contribution in [0.3, 0.4) is 0 Å². The van der Waals surface area contributed by atoms with Crippen LogP contribution in [0.15, 0.2) is 159 Å². The molecule has 0 spiro atoms. The fourth-order valence-electron chi connectivity index (χ4n) is 13.8. The number of hydrogen-bond donors (Lipinski definition) is 2. The lowest BCUT2D eigenvalue weighted by atomic mass is 10.1. The Balaban J connectivity index is 0.000000134. The molecule has 0 aliphatic heterocycles. The molecule has 3 aliphatic rings. The van der Waals surface area contributed by atoms with E-state index in [-0.39, 0.29) is 96.4 Å². The summed E-state index contributed by atoms with van der Waals surface area (Å²) >= 11 is 11.5. The fraction of sp³-hybridized carbons (Fsp3) is 0.321. The molecule has 0 atom stereocenters. The molecule has 3 aliphatic carbocycles. The number of rotatable bonds is 22. The van der Waals surface area contributed by atoms with Crippen LogP contribution in [0.4, 0.5) is 8.78 Å². The highest BCUT2D eigenvalue weighted by Crippen LogP contribution is 2.43. The van der Waals surface area contributed by atoms with Gasteiger partial charge in [0, 0.05) is 82.2 Å². The molecular formula is C78H76Cl3F2N29O11. The van der Waals surface area contributed by atoms with E-state index in [9.17, 15) is 51.9 Å². The van der Waals surface area contributed by atoms with Gasteiger partial charge in [-0.2, -0.15) is 15.3 Å². The van der Waals surface area contributed by atoms with Gasteiger partial charge in [0.25, 0.3) is 0 Å². The van der Waals surface area contributed by atoms with Crippen LogP contribution in [0, 0.1) is 11.6 Å². The Morgan fingerprint density at radius 1 is 0.496 bits per heavy atom. The van der Waals surface area contributed by atoms with Crippen molar-refractivity contribution in [3.63, 3.8) is 0 Å². The number of carboxylic acid groups (broad SMARTS) is 1. The van der Waals surface area contributed by atoms with Crippen molar-refractivity contribution in [1.82, 2.24) is 135 Å². The number of pyridine rings is 5. The lowest BCUT2D eigenvalue weighted by Crippen LogP contribution is -2.41. The number of imidazole rings is 5. The third-order valence-corrected chi connectivity index (χ3v) is 20.9. The number of ether oxygens (including phenoxy) is 1. The zero-order valence-electron chi connectivity index (χ0n) is 66.5. The molecule has 634 valence electrons. The number of carbonyl (C=O) groups excluding carboxylic acids is 2. The summed E-state index contributed by atoms with van der Waals surface area (Å²) in [6.07, 6.45) is 32.7. The smallest absolute Gasteiger partial charge is 0.361 e. The number of hydrogen-bond acceptors (Lipinski definition) is 25. The van der Waals surface area contributed by atoms with E-state index < -0.39 is 62.5 Å². The molecule has 0 radical (unpaired) electrons. The first-order valence-electron chi connectivity index (χ1n) is 38.7. The predicted molar refractivity (Wildman–Crippen MR) is 439 cm³/mol. The van der Waals surface area contributed by atoms with Crippen molar-refractivity contribution in [3.05, 3.63) is 276 Å². The van der Waals surface area contributed by atoms with Crippen molar-refractivity contribution in [1.29, 1.82) is 0 Å². The number of fused-ring (bicyclic) bond motifs is 5. The number of ketones is 1. The first kappa shape index (κ1) is 84.0. The second-order valence-corrected chi connectivity index (χ2v) is 31.0. The summed E-state index contributed by atoms with van der Waals surface area (Å²) in [6, 6.07) is 8.58. The van der Waals surface area contributed by atoms with Crippen LogP contribution < -0.4 is 39.1 Å². The molecule has 0 amide bonds. The lowest BCUT2D eigenvalue weighted by molar-refractivity contribution is 0.00621. The first-order chi connectivity index (χ1) is 58.6. The Labute approximate surface area is 706 Å². The summed E-state index contributed by atoms with van der Waals surface area (Å²) in [4.78, 5) is 134. The van der Waals surface area contributed by atoms with Crippen LogP contribution in [0.25, 0.3) is 45.0 Å². The Kier molecular flexibility index (Phi) is 23.4. The van der Waals surface area contributed by atoms with E-state index in [1.165, 1.54) is 94.5 Å². The number of nitrogens with zero attached hydrogens (tertiary/aromatic N) is 28. The van der Waals surface area contributed by atoms with E-state index in [0.29, 0.717) is 98.8 Å². The third kappa shape index (κ3) is 17.5. The van der Waals surface area contributed by atoms with Gasteiger partial charge in [0.2, 0.25) is 0 Å². The number of nitrogens with two attached hydrogens (primary N) is 1. The van der Waals surface area contributed by atoms with Gasteiger partial charge >= 0.3 is 45.3 Å². The average Bonchev–Trinajstić information content (AvgIpc) is 1.67. The molecule has 3 saturated carbocycles. The van der Waals surface area contributed by atoms with Crippen molar-refractivity contribution in [3.8, 4) is 17.1 Å². The summed E-state index contributed by atoms with van der Waals surface area (Å²) in [7, 11) is 0. The van der Waals surface area contributed by atoms with Gasteiger partial charge in [-0.1, -0.05) is 38.8 Å². The fourth-order valence-corrected chi connectivity index (χ4v) is 14.1. The van der Waals surface area contributed by atoms with Crippen molar-refractivity contribution in [2.75, 3.05) is 0 Å². The standard InChI is InChI=1S/C28H24ClFN10O3.C23H26N8O4.C19H18N8O4.C8H7ClFN3.ClH/c1-2-40-28(43)27(42)39(15-32-40)22-9-17(16-3-4-16)10-37-11-18(33-26(22)37)12-38-13-21(34-35-38)23(41)6-5-20-25-24(30)19(29)7-8-36(25)14-31-20;1-5-31-21(33)20(32)30(13-24-31)18-8-15(14-6-7-14)9-28-10-16(25-19(18)28)11-29-12-17(26-27-29)22(34)35-23(2,3)4;1-2-27-18(29)17(28)26(10-20-27)15-5-12(11-3-4-11)6-24-7-13(21-16(15)24)8-25-9-14(19(30)31)22-23-25;9-5-1-2-13-4-12-6(3-11)8(13)7(5)10;/h7-11,13-16H,2-6,12H2,1H3;8-10,12-14H,5-7,11H2,1-4H3;5-7,9-11H,2-4,8H2,1H3,(H,30,31);1-2,4H,3,11H2;1H. The largest absolute Gasteiger partial charge is 0.476 e. The normalized spacial score (nSPS) is 13.3. The Hall–Kier alpha value is -14.0. The van der Waals surface area contributed by atoms with Crippen LogP contribution in [0.1, 0.15) is 181 Å². The van der Waals surface area contributed by atoms with E-state index in [0.717, 1.165) is 69.3 Å². The van der Waals surface area contributed by atoms with Crippen molar-refractivity contribution in [2.45, 2.75) is 162 Å². The van der Waals surface area contributed by atoms with Gasteiger partial charge in [0.15, 0.2) is 45.7 Å². The minimum Gasteiger partial charge on any atom is -0.476 e. The minimum absolute atomic E-state index is 0. The van der Waals surface area contributed by atoms with Gasteiger partial charge in [-0.25, -0.2) is 71.4 Å². The van der Waals surface area contributed by atoms with Crippen LogP contribution in [0.5, 0.6) is 0 Å². The Bertz CT molecular complexity index is 7220. The molecule has 16 aromatic rings. The first-order valence-corrected chi connectivity index (χ1v) is 39.5. The van der Waals surface area contributed by atoms with Crippen LogP contribution in [-0.2, 0) is 57.0 Å². The highest BCUT2D eigenvalue weighted by atomic mass is 35.5. The topological polar surface area (TPSA) is 456 Å². The number of aryl methyl sites for hydroxylation is 4. The molecule has 0 unspecified atom stereocenters. The van der Waals surface area contributed by atoms with E-state index in [1.807, 2.05) is 62.4 Å². The second-order valence-electron chi connectivity index (χ2n) is 30.2. The monoisotopic (exact) mass is 1740 g/mol. The third-order valence-electron chi connectivity index (χ3n) is 20.3. The summed E-state index contributed by atoms with van der Waals surface area (Å²) in [5.41, 5.74) is 10.1. The Morgan fingerprint density at radius 2 is 0.854 bits per heavy atom. The summed E-state index contributed by atoms with van der Waals surface area (Å²) in [5.74, 6) is -1.84. The predicted octanol–water partition coefficient (Wildman–Crippen LogP) is 6.65. The number of aromatic nitrogens is 28.